The largest absolute Gasteiger partial charge is 0.396 e. The molecule has 0 bridgehead atoms. The number of aromatic nitrogens is 1. The number of aliphatic hydroxyl groups is 1. The van der Waals surface area contributed by atoms with Crippen molar-refractivity contribution in [2.24, 2.45) is 5.92 Å². The van der Waals surface area contributed by atoms with Gasteiger partial charge in [0.2, 0.25) is 0 Å². The van der Waals surface area contributed by atoms with Crippen LogP contribution in [0.15, 0.2) is 12.3 Å². The molecule has 4 heteroatoms. The van der Waals surface area contributed by atoms with Gasteiger partial charge in [0.15, 0.2) is 0 Å². The zero-order valence-corrected chi connectivity index (χ0v) is 9.17. The smallest absolute Gasteiger partial charge is 0.0849 e. The number of halogens is 1. The normalized spacial score (nSPS) is 12.6. The lowest BCUT2D eigenvalue weighted by Gasteiger charge is -2.12. The lowest BCUT2D eigenvalue weighted by molar-refractivity contribution is 0.244. The third kappa shape index (κ3) is 2.86. The third-order valence-corrected chi connectivity index (χ3v) is 2.49. The van der Waals surface area contributed by atoms with E-state index in [4.69, 9.17) is 16.7 Å². The van der Waals surface area contributed by atoms with E-state index in [0.29, 0.717) is 11.6 Å². The standard InChI is InChI=1S/C10H15ClN2O/c1-7(6-14)5-13-9-3-4-12-8(2)10(9)11/h3-4,7,14H,5-6H2,1-2H3,(H,12,13). The summed E-state index contributed by atoms with van der Waals surface area (Å²) in [5, 5.41) is 12.7. The Bertz CT molecular complexity index is 304. The molecule has 78 valence electrons. The molecule has 0 aromatic carbocycles. The van der Waals surface area contributed by atoms with Crippen LogP contribution in [0.25, 0.3) is 0 Å². The van der Waals surface area contributed by atoms with E-state index >= 15 is 0 Å². The van der Waals surface area contributed by atoms with Gasteiger partial charge in [-0.25, -0.2) is 0 Å². The molecule has 0 saturated carbocycles. The number of hydrogen-bond acceptors (Lipinski definition) is 3. The number of nitrogens with one attached hydrogen (secondary N) is 1. The lowest BCUT2D eigenvalue weighted by Crippen LogP contribution is -2.14. The zero-order chi connectivity index (χ0) is 10.6. The average molecular weight is 215 g/mol. The van der Waals surface area contributed by atoms with Gasteiger partial charge in [-0.3, -0.25) is 4.98 Å². The van der Waals surface area contributed by atoms with Gasteiger partial charge in [0, 0.05) is 19.3 Å². The highest BCUT2D eigenvalue weighted by atomic mass is 35.5. The zero-order valence-electron chi connectivity index (χ0n) is 8.42. The van der Waals surface area contributed by atoms with Gasteiger partial charge in [0.25, 0.3) is 0 Å². The molecule has 1 rings (SSSR count). The van der Waals surface area contributed by atoms with Crippen molar-refractivity contribution in [2.75, 3.05) is 18.5 Å². The fourth-order valence-electron chi connectivity index (χ4n) is 1.03. The van der Waals surface area contributed by atoms with Gasteiger partial charge < -0.3 is 10.4 Å². The summed E-state index contributed by atoms with van der Waals surface area (Å²) in [6.07, 6.45) is 1.72. The van der Waals surface area contributed by atoms with Crippen molar-refractivity contribution < 1.29 is 5.11 Å². The van der Waals surface area contributed by atoms with Crippen LogP contribution in [0.4, 0.5) is 5.69 Å². The molecule has 0 aliphatic rings. The minimum absolute atomic E-state index is 0.175. The Labute approximate surface area is 89.1 Å². The average Bonchev–Trinajstić information content (AvgIpc) is 2.20. The van der Waals surface area contributed by atoms with E-state index in [1.54, 1.807) is 6.20 Å². The Morgan fingerprint density at radius 2 is 2.36 bits per heavy atom. The van der Waals surface area contributed by atoms with Gasteiger partial charge in [-0.05, 0) is 18.9 Å². The van der Waals surface area contributed by atoms with E-state index in [0.717, 1.165) is 11.4 Å². The summed E-state index contributed by atoms with van der Waals surface area (Å²) in [5.41, 5.74) is 1.69. The molecule has 1 heterocycles. The van der Waals surface area contributed by atoms with Crippen molar-refractivity contribution in [3.63, 3.8) is 0 Å². The van der Waals surface area contributed by atoms with Crippen LogP contribution in [0.5, 0.6) is 0 Å². The molecule has 3 nitrogen and oxygen atoms in total. The SMILES string of the molecule is Cc1nccc(NCC(C)CO)c1Cl. The highest BCUT2D eigenvalue weighted by Crippen LogP contribution is 2.23. The Morgan fingerprint density at radius 3 is 3.00 bits per heavy atom. The molecule has 1 aromatic heterocycles. The van der Waals surface area contributed by atoms with Crippen molar-refractivity contribution >= 4 is 17.3 Å². The monoisotopic (exact) mass is 214 g/mol. The molecule has 0 spiro atoms. The summed E-state index contributed by atoms with van der Waals surface area (Å²) in [7, 11) is 0. The summed E-state index contributed by atoms with van der Waals surface area (Å²) in [6.45, 7) is 4.71. The van der Waals surface area contributed by atoms with Crippen LogP contribution < -0.4 is 5.32 Å². The maximum Gasteiger partial charge on any atom is 0.0849 e. The molecule has 0 radical (unpaired) electrons. The minimum Gasteiger partial charge on any atom is -0.396 e. The quantitative estimate of drug-likeness (QED) is 0.807. The van der Waals surface area contributed by atoms with Gasteiger partial charge in [0.05, 0.1) is 16.4 Å². The molecule has 2 N–H and O–H groups in total. The first-order chi connectivity index (χ1) is 6.65. The molecule has 0 fully saturated rings. The molecule has 14 heavy (non-hydrogen) atoms. The van der Waals surface area contributed by atoms with Crippen LogP contribution in [0, 0.1) is 12.8 Å². The summed E-state index contributed by atoms with van der Waals surface area (Å²) >= 11 is 6.03. The Morgan fingerprint density at radius 1 is 1.64 bits per heavy atom. The first-order valence-corrected chi connectivity index (χ1v) is 4.98. The second-order valence-corrected chi connectivity index (χ2v) is 3.80. The fraction of sp³-hybridized carbons (Fsp3) is 0.500. The second-order valence-electron chi connectivity index (χ2n) is 3.43. The molecular formula is C10H15ClN2O. The highest BCUT2D eigenvalue weighted by Gasteiger charge is 2.04. The maximum absolute atomic E-state index is 8.85. The third-order valence-electron chi connectivity index (χ3n) is 2.02. The van der Waals surface area contributed by atoms with Crippen LogP contribution in [0.1, 0.15) is 12.6 Å². The molecular weight excluding hydrogens is 200 g/mol. The number of anilines is 1. The van der Waals surface area contributed by atoms with E-state index in [2.05, 4.69) is 10.3 Å². The van der Waals surface area contributed by atoms with Crippen molar-refractivity contribution in [3.05, 3.63) is 23.0 Å². The maximum atomic E-state index is 8.85. The Hall–Kier alpha value is -0.800. The van der Waals surface area contributed by atoms with E-state index in [9.17, 15) is 0 Å². The van der Waals surface area contributed by atoms with Crippen molar-refractivity contribution in [1.29, 1.82) is 0 Å². The number of pyridine rings is 1. The van der Waals surface area contributed by atoms with Crippen molar-refractivity contribution in [3.8, 4) is 0 Å². The molecule has 1 atom stereocenters. The Balaban J connectivity index is 2.63. The van der Waals surface area contributed by atoms with Crippen LogP contribution in [0.3, 0.4) is 0 Å². The van der Waals surface area contributed by atoms with Gasteiger partial charge >= 0.3 is 0 Å². The van der Waals surface area contributed by atoms with Crippen LogP contribution in [-0.2, 0) is 0 Å². The van der Waals surface area contributed by atoms with E-state index in [1.165, 1.54) is 0 Å². The number of nitrogens with zero attached hydrogens (tertiary/aromatic N) is 1. The molecule has 0 saturated heterocycles. The van der Waals surface area contributed by atoms with Gasteiger partial charge in [-0.2, -0.15) is 0 Å². The number of aryl methyl sites for hydroxylation is 1. The van der Waals surface area contributed by atoms with Crippen LogP contribution >= 0.6 is 11.6 Å². The summed E-state index contributed by atoms with van der Waals surface area (Å²) in [6, 6.07) is 1.83. The van der Waals surface area contributed by atoms with Crippen molar-refractivity contribution in [1.82, 2.24) is 4.98 Å². The summed E-state index contributed by atoms with van der Waals surface area (Å²) < 4.78 is 0. The predicted octanol–water partition coefficient (Wildman–Crippen LogP) is 2.08. The highest BCUT2D eigenvalue weighted by molar-refractivity contribution is 6.33. The van der Waals surface area contributed by atoms with Crippen LogP contribution in [-0.4, -0.2) is 23.2 Å². The fourth-order valence-corrected chi connectivity index (χ4v) is 1.21. The topological polar surface area (TPSA) is 45.2 Å². The van der Waals surface area contributed by atoms with Gasteiger partial charge in [-0.1, -0.05) is 18.5 Å². The first-order valence-electron chi connectivity index (χ1n) is 4.61. The van der Waals surface area contributed by atoms with E-state index < -0.39 is 0 Å². The number of aliphatic hydroxyl groups excluding tert-OH is 1. The molecule has 0 amide bonds. The predicted molar refractivity (Wildman–Crippen MR) is 58.7 cm³/mol. The van der Waals surface area contributed by atoms with Crippen LogP contribution in [0.2, 0.25) is 5.02 Å². The first kappa shape index (κ1) is 11.3. The van der Waals surface area contributed by atoms with Gasteiger partial charge in [-0.15, -0.1) is 0 Å². The van der Waals surface area contributed by atoms with Gasteiger partial charge in [0.1, 0.15) is 0 Å². The lowest BCUT2D eigenvalue weighted by atomic mass is 10.2. The summed E-state index contributed by atoms with van der Waals surface area (Å²) in [4.78, 5) is 4.07. The number of hydrogen-bond donors (Lipinski definition) is 2. The molecule has 0 aliphatic heterocycles. The molecule has 1 aromatic rings. The van der Waals surface area contributed by atoms with E-state index in [-0.39, 0.29) is 12.5 Å². The summed E-state index contributed by atoms with van der Waals surface area (Å²) in [5.74, 6) is 0.222. The molecule has 0 aliphatic carbocycles. The van der Waals surface area contributed by atoms with Crippen molar-refractivity contribution in [2.45, 2.75) is 13.8 Å². The molecule has 1 unspecified atom stereocenters. The van der Waals surface area contributed by atoms with E-state index in [1.807, 2.05) is 19.9 Å². The second kappa shape index (κ2) is 5.17. The minimum atomic E-state index is 0.175. The number of rotatable bonds is 4. The Kier molecular flexibility index (Phi) is 4.17.